The lowest BCUT2D eigenvalue weighted by Crippen LogP contribution is -2.61. The van der Waals surface area contributed by atoms with Gasteiger partial charge in [-0.25, -0.2) is 9.59 Å². The molecule has 0 radical (unpaired) electrons. The van der Waals surface area contributed by atoms with Crippen LogP contribution in [-0.2, 0) is 38.0 Å². The van der Waals surface area contributed by atoms with Crippen LogP contribution in [0.5, 0.6) is 0 Å². The van der Waals surface area contributed by atoms with Crippen molar-refractivity contribution < 1.29 is 52.7 Å². The molecule has 3 aliphatic rings. The number of aliphatic hydroxyl groups is 1. The molecule has 2 N–H and O–H groups in total. The van der Waals surface area contributed by atoms with E-state index in [0.717, 1.165) is 11.1 Å². The normalized spacial score (nSPS) is 36.9. The van der Waals surface area contributed by atoms with Crippen molar-refractivity contribution in [3.63, 3.8) is 0 Å². The van der Waals surface area contributed by atoms with Gasteiger partial charge in [-0.05, 0) is 85.7 Å². The smallest absolute Gasteiger partial charge is 0.408 e. The molecule has 60 heavy (non-hydrogen) atoms. The Balaban J connectivity index is 1.60. The lowest BCUT2D eigenvalue weighted by Gasteiger charge is -2.49. The van der Waals surface area contributed by atoms with Crippen molar-refractivity contribution in [2.24, 2.45) is 23.7 Å². The number of aryl methyl sites for hydroxylation is 1. The molecule has 3 fully saturated rings. The Hall–Kier alpha value is -4.14. The summed E-state index contributed by atoms with van der Waals surface area (Å²) in [6.07, 6.45) is -1.71. The van der Waals surface area contributed by atoms with Crippen molar-refractivity contribution in [1.29, 1.82) is 0 Å². The number of nitrogens with one attached hydrogen (secondary N) is 1. The molecule has 3 heterocycles. The highest BCUT2D eigenvalue weighted by atomic mass is 16.7. The summed E-state index contributed by atoms with van der Waals surface area (Å²) in [5.74, 6) is -4.79. The van der Waals surface area contributed by atoms with Gasteiger partial charge in [-0.1, -0.05) is 87.9 Å². The SMILES string of the molecule is CC[C@H]1OC(=O)[C@H](C)[C@@H](O)[C@H](C)[C@@H](O[C@@H]2O[C@H](C)C[C@H](N(C)C)[C@H]2OC(=O)c2ccccc2)[C@@](C)(OC/C=C/c2ccc(C)cc2)C[C@@H](C)C(=O)[C@H](C)[C@H]2NC(=O)O[C@@]21C. The lowest BCUT2D eigenvalue weighted by molar-refractivity contribution is -0.302. The van der Waals surface area contributed by atoms with Crippen molar-refractivity contribution >= 4 is 29.9 Å². The number of ether oxygens (including phenoxy) is 6. The second kappa shape index (κ2) is 19.7. The van der Waals surface area contributed by atoms with E-state index < -0.39 is 89.7 Å². The number of carbonyl (C=O) groups excluding carboxylic acids is 4. The van der Waals surface area contributed by atoms with Crippen LogP contribution in [0.4, 0.5) is 4.79 Å². The van der Waals surface area contributed by atoms with Crippen molar-refractivity contribution in [3.8, 4) is 0 Å². The van der Waals surface area contributed by atoms with Gasteiger partial charge in [0, 0.05) is 17.8 Å². The van der Waals surface area contributed by atoms with Crippen LogP contribution in [0.15, 0.2) is 60.7 Å². The van der Waals surface area contributed by atoms with Crippen molar-refractivity contribution in [3.05, 3.63) is 77.4 Å². The number of amides is 1. The van der Waals surface area contributed by atoms with Gasteiger partial charge in [-0.3, -0.25) is 9.59 Å². The molecule has 0 aromatic heterocycles. The van der Waals surface area contributed by atoms with Crippen LogP contribution in [0.1, 0.15) is 96.1 Å². The average molecular weight is 835 g/mol. The molecule has 0 bridgehead atoms. The lowest BCUT2D eigenvalue weighted by atomic mass is 9.73. The highest BCUT2D eigenvalue weighted by Gasteiger charge is 2.57. The number of likely N-dealkylation sites (N-methyl/N-ethyl adjacent to an activating group) is 1. The first-order valence-corrected chi connectivity index (χ1v) is 21.3. The zero-order chi connectivity index (χ0) is 44.1. The second-order valence-corrected chi connectivity index (χ2v) is 17.8. The maximum atomic E-state index is 14.6. The third-order valence-electron chi connectivity index (χ3n) is 12.8. The maximum absolute atomic E-state index is 14.6. The zero-order valence-electron chi connectivity index (χ0n) is 37.1. The van der Waals surface area contributed by atoms with Crippen LogP contribution < -0.4 is 5.32 Å². The highest BCUT2D eigenvalue weighted by molar-refractivity contribution is 5.89. The number of ketones is 1. The first kappa shape index (κ1) is 46.9. The molecule has 2 aromatic rings. The molecule has 5 rings (SSSR count). The molecule has 330 valence electrons. The Labute approximate surface area is 355 Å². The van der Waals surface area contributed by atoms with Gasteiger partial charge in [-0.15, -0.1) is 0 Å². The van der Waals surface area contributed by atoms with Crippen LogP contribution in [0.3, 0.4) is 0 Å². The van der Waals surface area contributed by atoms with E-state index >= 15 is 0 Å². The number of Topliss-reactive ketones (excluding diaryl/α,β-unsaturated/α-hetero) is 1. The molecule has 3 aliphatic heterocycles. The van der Waals surface area contributed by atoms with Gasteiger partial charge in [0.2, 0.25) is 0 Å². The van der Waals surface area contributed by atoms with Gasteiger partial charge in [0.1, 0.15) is 11.9 Å². The number of aliphatic hydroxyl groups excluding tert-OH is 1. The van der Waals surface area contributed by atoms with Crippen molar-refractivity contribution in [2.45, 2.75) is 142 Å². The molecule has 2 aromatic carbocycles. The topological polar surface area (TPSA) is 159 Å². The molecule has 3 saturated heterocycles. The molecule has 1 amide bonds. The zero-order valence-corrected chi connectivity index (χ0v) is 37.1. The Morgan fingerprint density at radius 3 is 2.28 bits per heavy atom. The van der Waals surface area contributed by atoms with Crippen LogP contribution in [0.25, 0.3) is 6.08 Å². The minimum absolute atomic E-state index is 0.0958. The molecular formula is C47H66N2O11. The van der Waals surface area contributed by atoms with Gasteiger partial charge in [0.15, 0.2) is 18.0 Å². The number of hydrogen-bond donors (Lipinski definition) is 2. The van der Waals surface area contributed by atoms with E-state index in [2.05, 4.69) is 5.32 Å². The molecule has 0 spiro atoms. The summed E-state index contributed by atoms with van der Waals surface area (Å²) >= 11 is 0. The van der Waals surface area contributed by atoms with E-state index in [1.807, 2.05) is 96.1 Å². The molecule has 13 nitrogen and oxygen atoms in total. The summed E-state index contributed by atoms with van der Waals surface area (Å²) in [4.78, 5) is 57.1. The maximum Gasteiger partial charge on any atom is 0.408 e. The monoisotopic (exact) mass is 834 g/mol. The summed E-state index contributed by atoms with van der Waals surface area (Å²) in [7, 11) is 3.80. The van der Waals surface area contributed by atoms with Gasteiger partial charge >= 0.3 is 18.0 Å². The minimum Gasteiger partial charge on any atom is -0.458 e. The van der Waals surface area contributed by atoms with Crippen LogP contribution in [0.2, 0.25) is 0 Å². The standard InChI is InChI=1S/C47H66N2O11/c1-12-36-47(9)40(48-45(54)60-47)30(5)37(50)28(3)26-46(8,55-24-16-17-33-22-20-27(2)21-23-33)41(31(6)38(51)32(7)42(52)57-36)59-44-39(35(49(10)11)25-29(4)56-44)58-43(53)34-18-14-13-15-19-34/h13-23,28-32,35-36,38-41,44,51H,12,24-26H2,1-11H3,(H,48,54)/b17-16+/t28-,29-,30+,31+,32-,35+,36-,38+,39-,40-,41-,44+,46+,47-/m1/s1. The first-order valence-electron chi connectivity index (χ1n) is 21.3. The summed E-state index contributed by atoms with van der Waals surface area (Å²) in [6.45, 7) is 16.3. The largest absolute Gasteiger partial charge is 0.458 e. The molecule has 13 heteroatoms. The van der Waals surface area contributed by atoms with Crippen LogP contribution >= 0.6 is 0 Å². The predicted molar refractivity (Wildman–Crippen MR) is 226 cm³/mol. The van der Waals surface area contributed by atoms with E-state index in [4.69, 9.17) is 28.4 Å². The van der Waals surface area contributed by atoms with E-state index in [1.165, 1.54) is 0 Å². The average Bonchev–Trinajstić information content (AvgIpc) is 3.54. The number of hydrogen-bond acceptors (Lipinski definition) is 12. The summed E-state index contributed by atoms with van der Waals surface area (Å²) < 4.78 is 38.6. The highest BCUT2D eigenvalue weighted by Crippen LogP contribution is 2.41. The Bertz CT molecular complexity index is 1820. The molecule has 0 aliphatic carbocycles. The fourth-order valence-corrected chi connectivity index (χ4v) is 9.26. The quantitative estimate of drug-likeness (QED) is 0.197. The summed E-state index contributed by atoms with van der Waals surface area (Å²) in [5, 5.41) is 15.0. The first-order chi connectivity index (χ1) is 28.3. The van der Waals surface area contributed by atoms with Crippen molar-refractivity contribution in [1.82, 2.24) is 10.2 Å². The second-order valence-electron chi connectivity index (χ2n) is 17.8. The Kier molecular flexibility index (Phi) is 15.4. The fourth-order valence-electron chi connectivity index (χ4n) is 9.26. The van der Waals surface area contributed by atoms with Gasteiger partial charge < -0.3 is 43.7 Å². The molecular weight excluding hydrogens is 769 g/mol. The van der Waals surface area contributed by atoms with Crippen LogP contribution in [0, 0.1) is 30.6 Å². The molecule has 0 saturated carbocycles. The fraction of sp³-hybridized carbons (Fsp3) is 0.617. The van der Waals surface area contributed by atoms with E-state index in [9.17, 15) is 24.3 Å². The van der Waals surface area contributed by atoms with E-state index in [-0.39, 0.29) is 37.4 Å². The molecule has 14 atom stereocenters. The summed E-state index contributed by atoms with van der Waals surface area (Å²) in [6, 6.07) is 15.6. The molecule has 0 unspecified atom stereocenters. The predicted octanol–water partition coefficient (Wildman–Crippen LogP) is 6.53. The number of fused-ring (bicyclic) bond motifs is 1. The number of cyclic esters (lactones) is 1. The van der Waals surface area contributed by atoms with Gasteiger partial charge in [0.25, 0.3) is 0 Å². The minimum atomic E-state index is -1.37. The van der Waals surface area contributed by atoms with Gasteiger partial charge in [0.05, 0.1) is 54.1 Å². The third kappa shape index (κ3) is 10.5. The number of nitrogens with zero attached hydrogens (tertiary/aromatic N) is 1. The third-order valence-corrected chi connectivity index (χ3v) is 12.8. The van der Waals surface area contributed by atoms with Gasteiger partial charge in [-0.2, -0.15) is 0 Å². The van der Waals surface area contributed by atoms with Crippen molar-refractivity contribution in [2.75, 3.05) is 20.7 Å². The number of alkyl carbamates (subject to hydrolysis) is 1. The van der Waals surface area contributed by atoms with Crippen LogP contribution in [-0.4, -0.2) is 115 Å². The van der Waals surface area contributed by atoms with E-state index in [0.29, 0.717) is 12.0 Å². The van der Waals surface area contributed by atoms with E-state index in [1.54, 1.807) is 52.0 Å². The summed E-state index contributed by atoms with van der Waals surface area (Å²) in [5.41, 5.74) is -0.239. The number of benzene rings is 2. The Morgan fingerprint density at radius 1 is 0.983 bits per heavy atom. The number of rotatable bonds is 10. The Morgan fingerprint density at radius 2 is 1.65 bits per heavy atom. The number of carbonyl (C=O) groups is 4. The number of esters is 2.